The summed E-state index contributed by atoms with van der Waals surface area (Å²) in [5.74, 6) is 0.0892. The Morgan fingerprint density at radius 1 is 1.40 bits per heavy atom. The second-order valence-electron chi connectivity index (χ2n) is 3.99. The lowest BCUT2D eigenvalue weighted by Crippen LogP contribution is -2.39. The number of hydrogen-bond donors (Lipinski definition) is 0. The van der Waals surface area contributed by atoms with Crippen molar-refractivity contribution in [1.29, 1.82) is 0 Å². The van der Waals surface area contributed by atoms with Crippen LogP contribution in [0.15, 0.2) is 24.5 Å². The summed E-state index contributed by atoms with van der Waals surface area (Å²) in [7, 11) is 0. The van der Waals surface area contributed by atoms with Crippen molar-refractivity contribution in [2.24, 2.45) is 0 Å². The van der Waals surface area contributed by atoms with Crippen LogP contribution in [0.2, 0.25) is 0 Å². The molecule has 0 N–H and O–H groups in total. The number of hydrogen-bond acceptors (Lipinski definition) is 3. The molecule has 0 saturated carbocycles. The lowest BCUT2D eigenvalue weighted by Gasteiger charge is -2.24. The molecule has 2 atom stereocenters. The van der Waals surface area contributed by atoms with Crippen LogP contribution in [0.5, 0.6) is 0 Å². The molecule has 3 heterocycles. The van der Waals surface area contributed by atoms with Gasteiger partial charge in [0.05, 0.1) is 6.10 Å². The molecular formula is C11H12N2O2. The molecule has 4 heteroatoms. The summed E-state index contributed by atoms with van der Waals surface area (Å²) in [4.78, 5) is 17.8. The molecule has 1 aromatic heterocycles. The topological polar surface area (TPSA) is 45.7 Å². The Labute approximate surface area is 87.9 Å². The lowest BCUT2D eigenvalue weighted by atomic mass is 10.1. The molecule has 2 aliphatic rings. The van der Waals surface area contributed by atoms with Crippen LogP contribution in [0.25, 0.3) is 0 Å². The third-order valence-electron chi connectivity index (χ3n) is 2.99. The van der Waals surface area contributed by atoms with Crippen LogP contribution in [0.3, 0.4) is 0 Å². The van der Waals surface area contributed by atoms with Crippen LogP contribution in [0.1, 0.15) is 16.8 Å². The molecular weight excluding hydrogens is 192 g/mol. The highest BCUT2D eigenvalue weighted by Gasteiger charge is 2.44. The van der Waals surface area contributed by atoms with E-state index < -0.39 is 0 Å². The summed E-state index contributed by atoms with van der Waals surface area (Å²) in [6, 6.07) is 3.50. The first-order valence-corrected chi connectivity index (χ1v) is 5.19. The van der Waals surface area contributed by atoms with E-state index in [-0.39, 0.29) is 5.91 Å². The first-order chi connectivity index (χ1) is 7.34. The van der Waals surface area contributed by atoms with Gasteiger partial charge in [-0.3, -0.25) is 9.78 Å². The van der Waals surface area contributed by atoms with Gasteiger partial charge in [0, 0.05) is 31.0 Å². The van der Waals surface area contributed by atoms with Gasteiger partial charge >= 0.3 is 0 Å². The van der Waals surface area contributed by atoms with Crippen LogP contribution in [-0.2, 0) is 4.74 Å². The van der Waals surface area contributed by atoms with E-state index in [0.29, 0.717) is 17.8 Å². The van der Waals surface area contributed by atoms with E-state index in [1.54, 1.807) is 24.5 Å². The predicted octanol–water partition coefficient (Wildman–Crippen LogP) is 0.695. The zero-order chi connectivity index (χ0) is 10.3. The molecule has 0 aromatic carbocycles. The average molecular weight is 204 g/mol. The Hall–Kier alpha value is -1.42. The van der Waals surface area contributed by atoms with Crippen molar-refractivity contribution in [3.63, 3.8) is 0 Å². The number of fused-ring (bicyclic) bond motifs is 1. The SMILES string of the molecule is O=C(c1ccncc1)N1CC[C@@H]2O[C@H]2C1. The maximum absolute atomic E-state index is 12.0. The summed E-state index contributed by atoms with van der Waals surface area (Å²) in [5, 5.41) is 0. The van der Waals surface area contributed by atoms with E-state index in [0.717, 1.165) is 19.5 Å². The summed E-state index contributed by atoms with van der Waals surface area (Å²) >= 11 is 0. The molecule has 3 rings (SSSR count). The second-order valence-corrected chi connectivity index (χ2v) is 3.99. The Kier molecular flexibility index (Phi) is 1.95. The number of rotatable bonds is 1. The summed E-state index contributed by atoms with van der Waals surface area (Å²) in [6.45, 7) is 1.55. The molecule has 0 bridgehead atoms. The largest absolute Gasteiger partial charge is 0.368 e. The zero-order valence-corrected chi connectivity index (χ0v) is 8.30. The number of pyridine rings is 1. The van der Waals surface area contributed by atoms with E-state index in [1.807, 2.05) is 4.90 Å². The Morgan fingerprint density at radius 2 is 2.20 bits per heavy atom. The molecule has 0 radical (unpaired) electrons. The zero-order valence-electron chi connectivity index (χ0n) is 8.30. The molecule has 4 nitrogen and oxygen atoms in total. The van der Waals surface area contributed by atoms with Crippen molar-refractivity contribution in [2.45, 2.75) is 18.6 Å². The molecule has 15 heavy (non-hydrogen) atoms. The fourth-order valence-corrected chi connectivity index (χ4v) is 2.05. The molecule has 0 aliphatic carbocycles. The molecule has 1 aromatic rings. The number of amides is 1. The van der Waals surface area contributed by atoms with Gasteiger partial charge in [-0.2, -0.15) is 0 Å². The van der Waals surface area contributed by atoms with Gasteiger partial charge < -0.3 is 9.64 Å². The van der Waals surface area contributed by atoms with Gasteiger partial charge in [0.2, 0.25) is 0 Å². The monoisotopic (exact) mass is 204 g/mol. The maximum Gasteiger partial charge on any atom is 0.254 e. The quantitative estimate of drug-likeness (QED) is 0.632. The van der Waals surface area contributed by atoms with E-state index in [1.165, 1.54) is 0 Å². The highest BCUT2D eigenvalue weighted by molar-refractivity contribution is 5.94. The van der Waals surface area contributed by atoms with Crippen LogP contribution in [-0.4, -0.2) is 41.1 Å². The van der Waals surface area contributed by atoms with Gasteiger partial charge in [0.15, 0.2) is 0 Å². The summed E-state index contributed by atoms with van der Waals surface area (Å²) in [6.07, 6.45) is 4.99. The summed E-state index contributed by atoms with van der Waals surface area (Å²) < 4.78 is 5.39. The number of ether oxygens (including phenoxy) is 1. The normalized spacial score (nSPS) is 28.4. The van der Waals surface area contributed by atoms with Crippen LogP contribution >= 0.6 is 0 Å². The Balaban J connectivity index is 1.74. The molecule has 2 fully saturated rings. The fourth-order valence-electron chi connectivity index (χ4n) is 2.05. The predicted molar refractivity (Wildman–Crippen MR) is 53.4 cm³/mol. The van der Waals surface area contributed by atoms with Gasteiger partial charge in [-0.05, 0) is 18.6 Å². The second kappa shape index (κ2) is 3.31. The number of carbonyl (C=O) groups is 1. The minimum Gasteiger partial charge on any atom is -0.368 e. The molecule has 78 valence electrons. The van der Waals surface area contributed by atoms with E-state index >= 15 is 0 Å². The van der Waals surface area contributed by atoms with Gasteiger partial charge in [0.1, 0.15) is 6.10 Å². The van der Waals surface area contributed by atoms with Gasteiger partial charge in [0.25, 0.3) is 5.91 Å². The summed E-state index contributed by atoms with van der Waals surface area (Å²) in [5.41, 5.74) is 0.712. The molecule has 0 spiro atoms. The average Bonchev–Trinajstić information content (AvgIpc) is 3.07. The third-order valence-corrected chi connectivity index (χ3v) is 2.99. The van der Waals surface area contributed by atoms with Crippen LogP contribution < -0.4 is 0 Å². The number of carbonyl (C=O) groups excluding carboxylic acids is 1. The smallest absolute Gasteiger partial charge is 0.254 e. The highest BCUT2D eigenvalue weighted by Crippen LogP contribution is 2.31. The Bertz CT molecular complexity index is 379. The van der Waals surface area contributed by atoms with Crippen molar-refractivity contribution in [1.82, 2.24) is 9.88 Å². The first kappa shape index (κ1) is 8.85. The van der Waals surface area contributed by atoms with E-state index in [4.69, 9.17) is 4.74 Å². The first-order valence-electron chi connectivity index (χ1n) is 5.19. The molecule has 1 amide bonds. The van der Waals surface area contributed by atoms with Crippen molar-refractivity contribution in [3.05, 3.63) is 30.1 Å². The molecule has 0 unspecified atom stereocenters. The maximum atomic E-state index is 12.0. The standard InChI is InChI=1S/C11H12N2O2/c14-11(8-1-4-12-5-2-8)13-6-3-9-10(7-13)15-9/h1-2,4-5,9-10H,3,6-7H2/t9-,10-/m0/s1. The van der Waals surface area contributed by atoms with Crippen LogP contribution in [0, 0.1) is 0 Å². The fraction of sp³-hybridized carbons (Fsp3) is 0.455. The number of piperidine rings is 1. The van der Waals surface area contributed by atoms with E-state index in [9.17, 15) is 4.79 Å². The van der Waals surface area contributed by atoms with Gasteiger partial charge in [-0.25, -0.2) is 0 Å². The lowest BCUT2D eigenvalue weighted by molar-refractivity contribution is 0.0736. The number of nitrogens with zero attached hydrogens (tertiary/aromatic N) is 2. The number of epoxide rings is 1. The Morgan fingerprint density at radius 3 is 2.93 bits per heavy atom. The minimum atomic E-state index is 0.0892. The molecule has 2 aliphatic heterocycles. The van der Waals surface area contributed by atoms with Gasteiger partial charge in [-0.15, -0.1) is 0 Å². The van der Waals surface area contributed by atoms with Gasteiger partial charge in [-0.1, -0.05) is 0 Å². The minimum absolute atomic E-state index is 0.0892. The number of aromatic nitrogens is 1. The molecule has 2 saturated heterocycles. The van der Waals surface area contributed by atoms with Crippen molar-refractivity contribution in [2.75, 3.05) is 13.1 Å². The van der Waals surface area contributed by atoms with Crippen molar-refractivity contribution in [3.8, 4) is 0 Å². The number of likely N-dealkylation sites (tertiary alicyclic amines) is 1. The third kappa shape index (κ3) is 1.61. The van der Waals surface area contributed by atoms with Crippen molar-refractivity contribution >= 4 is 5.91 Å². The van der Waals surface area contributed by atoms with Crippen molar-refractivity contribution < 1.29 is 9.53 Å². The van der Waals surface area contributed by atoms with E-state index in [2.05, 4.69) is 4.98 Å². The van der Waals surface area contributed by atoms with Crippen LogP contribution in [0.4, 0.5) is 0 Å². The highest BCUT2D eigenvalue weighted by atomic mass is 16.6.